The highest BCUT2D eigenvalue weighted by Gasteiger charge is 2.36. The minimum atomic E-state index is -4.59. The molecule has 5 rings (SSSR count). The Balaban J connectivity index is 1.57. The van der Waals surface area contributed by atoms with Crippen molar-refractivity contribution >= 4 is 16.9 Å². The van der Waals surface area contributed by atoms with E-state index in [1.54, 1.807) is 25.2 Å². The molecule has 1 aliphatic heterocycles. The van der Waals surface area contributed by atoms with Crippen LogP contribution in [0.5, 0.6) is 0 Å². The predicted octanol–water partition coefficient (Wildman–Crippen LogP) is 3.00. The van der Waals surface area contributed by atoms with Crippen LogP contribution >= 0.6 is 0 Å². The molecule has 1 atom stereocenters. The van der Waals surface area contributed by atoms with Crippen molar-refractivity contribution in [1.82, 2.24) is 40.5 Å². The minimum absolute atomic E-state index is 0.0684. The van der Waals surface area contributed by atoms with Gasteiger partial charge in [-0.15, -0.1) is 5.10 Å². The summed E-state index contributed by atoms with van der Waals surface area (Å²) in [4.78, 5) is 11.3. The number of nitrogens with zero attached hydrogens (tertiary/aromatic N) is 6. The van der Waals surface area contributed by atoms with Crippen LogP contribution in [0.15, 0.2) is 30.6 Å². The van der Waals surface area contributed by atoms with E-state index in [9.17, 15) is 13.2 Å². The Kier molecular flexibility index (Phi) is 5.00. The van der Waals surface area contributed by atoms with Gasteiger partial charge in [0, 0.05) is 54.1 Å². The van der Waals surface area contributed by atoms with E-state index in [1.807, 2.05) is 0 Å². The maximum absolute atomic E-state index is 13.8. The van der Waals surface area contributed by atoms with Gasteiger partial charge in [0.2, 0.25) is 5.95 Å². The Labute approximate surface area is 180 Å². The Morgan fingerprint density at radius 3 is 2.84 bits per heavy atom. The largest absolute Gasteiger partial charge is 0.419 e. The molecule has 0 radical (unpaired) electrons. The number of tetrazole rings is 1. The van der Waals surface area contributed by atoms with Gasteiger partial charge in [0.1, 0.15) is 5.56 Å². The van der Waals surface area contributed by atoms with E-state index in [-0.39, 0.29) is 17.7 Å². The van der Waals surface area contributed by atoms with E-state index in [2.05, 4.69) is 41.1 Å². The summed E-state index contributed by atoms with van der Waals surface area (Å²) in [5.74, 6) is 0.728. The number of halogens is 3. The van der Waals surface area contributed by atoms with Gasteiger partial charge in [0.05, 0.1) is 5.69 Å². The first kappa shape index (κ1) is 20.4. The van der Waals surface area contributed by atoms with Crippen LogP contribution in [0.4, 0.5) is 19.1 Å². The number of aromatic amines is 1. The van der Waals surface area contributed by atoms with Gasteiger partial charge in [-0.2, -0.15) is 13.2 Å². The average Bonchev–Trinajstić information content (AvgIpc) is 3.39. The fourth-order valence-corrected chi connectivity index (χ4v) is 3.96. The first-order valence-corrected chi connectivity index (χ1v) is 10.2. The molecule has 4 heterocycles. The monoisotopic (exact) mass is 443 g/mol. The second-order valence-corrected chi connectivity index (χ2v) is 7.73. The highest BCUT2D eigenvalue weighted by atomic mass is 19.4. The number of hydrogen-bond donors (Lipinski definition) is 3. The molecule has 1 saturated heterocycles. The third-order valence-electron chi connectivity index (χ3n) is 5.54. The second-order valence-electron chi connectivity index (χ2n) is 7.73. The number of piperidine rings is 1. The lowest BCUT2D eigenvalue weighted by Crippen LogP contribution is -2.38. The van der Waals surface area contributed by atoms with E-state index in [1.165, 1.54) is 10.9 Å². The lowest BCUT2D eigenvalue weighted by molar-refractivity contribution is -0.137. The summed E-state index contributed by atoms with van der Waals surface area (Å²) in [5.41, 5.74) is 0.690. The van der Waals surface area contributed by atoms with Crippen molar-refractivity contribution in [3.05, 3.63) is 36.2 Å². The minimum Gasteiger partial charge on any atom is -0.360 e. The van der Waals surface area contributed by atoms with Gasteiger partial charge in [-0.25, -0.2) is 14.6 Å². The predicted molar refractivity (Wildman–Crippen MR) is 112 cm³/mol. The lowest BCUT2D eigenvalue weighted by Gasteiger charge is -2.24. The summed E-state index contributed by atoms with van der Waals surface area (Å²) in [6, 6.07) is 5.38. The Hall–Kier alpha value is -3.54. The molecule has 0 amide bonds. The number of anilines is 1. The number of rotatable bonds is 4. The molecule has 3 N–H and O–H groups in total. The SMILES string of the molecule is Cn1nnnc1-c1ccc2c(-c3nc(N[C@H]4CCCNC4)ncc3C(F)(F)F)c[nH]c2c1. The van der Waals surface area contributed by atoms with E-state index in [0.29, 0.717) is 28.8 Å². The highest BCUT2D eigenvalue weighted by molar-refractivity contribution is 5.97. The standard InChI is InChI=1S/C20H20F3N9/c1-32-18(29-30-31-32)11-4-5-13-14(9-25-16(13)7-11)17-15(20(21,22)23)10-26-19(28-17)27-12-3-2-6-24-8-12/h4-5,7,9-10,12,24-25H,2-3,6,8H2,1H3,(H,26,27,28)/t12-/m0/s1. The van der Waals surface area contributed by atoms with E-state index < -0.39 is 11.7 Å². The number of alkyl halides is 3. The van der Waals surface area contributed by atoms with Crippen molar-refractivity contribution in [1.29, 1.82) is 0 Å². The molecule has 32 heavy (non-hydrogen) atoms. The summed E-state index contributed by atoms with van der Waals surface area (Å²) >= 11 is 0. The van der Waals surface area contributed by atoms with Crippen LogP contribution in [-0.2, 0) is 13.2 Å². The molecule has 1 fully saturated rings. The van der Waals surface area contributed by atoms with Crippen molar-refractivity contribution in [2.75, 3.05) is 18.4 Å². The number of hydrogen-bond acceptors (Lipinski definition) is 7. The average molecular weight is 443 g/mol. The molecule has 1 aromatic carbocycles. The molecule has 166 valence electrons. The van der Waals surface area contributed by atoms with Gasteiger partial charge < -0.3 is 15.6 Å². The summed E-state index contributed by atoms with van der Waals surface area (Å²) in [5, 5.41) is 18.4. The Morgan fingerprint density at radius 1 is 1.25 bits per heavy atom. The third-order valence-corrected chi connectivity index (χ3v) is 5.54. The molecule has 0 saturated carbocycles. The van der Waals surface area contributed by atoms with Crippen LogP contribution in [0, 0.1) is 0 Å². The smallest absolute Gasteiger partial charge is 0.360 e. The fraction of sp³-hybridized carbons (Fsp3) is 0.350. The number of aromatic nitrogens is 7. The van der Waals surface area contributed by atoms with Gasteiger partial charge >= 0.3 is 6.18 Å². The van der Waals surface area contributed by atoms with E-state index in [0.717, 1.165) is 31.1 Å². The topological polar surface area (TPSA) is 109 Å². The van der Waals surface area contributed by atoms with Crippen molar-refractivity contribution < 1.29 is 13.2 Å². The summed E-state index contributed by atoms with van der Waals surface area (Å²) in [6.45, 7) is 1.64. The molecule has 1 aliphatic rings. The molecule has 9 nitrogen and oxygen atoms in total. The lowest BCUT2D eigenvalue weighted by atomic mass is 10.0. The molecular formula is C20H20F3N9. The van der Waals surface area contributed by atoms with Crippen LogP contribution in [-0.4, -0.2) is 54.3 Å². The number of nitrogens with one attached hydrogen (secondary N) is 3. The zero-order valence-electron chi connectivity index (χ0n) is 17.1. The van der Waals surface area contributed by atoms with Crippen molar-refractivity contribution in [3.8, 4) is 22.6 Å². The molecule has 0 bridgehead atoms. The van der Waals surface area contributed by atoms with E-state index in [4.69, 9.17) is 0 Å². The van der Waals surface area contributed by atoms with E-state index >= 15 is 0 Å². The van der Waals surface area contributed by atoms with Gasteiger partial charge in [0.15, 0.2) is 5.82 Å². The number of fused-ring (bicyclic) bond motifs is 1. The first-order chi connectivity index (χ1) is 15.4. The molecule has 4 aromatic rings. The van der Waals surface area contributed by atoms with Crippen molar-refractivity contribution in [2.24, 2.45) is 7.05 Å². The number of benzene rings is 1. The maximum atomic E-state index is 13.8. The molecule has 0 spiro atoms. The molecule has 0 unspecified atom stereocenters. The normalized spacial score (nSPS) is 17.1. The second kappa shape index (κ2) is 7.86. The first-order valence-electron chi connectivity index (χ1n) is 10.2. The van der Waals surface area contributed by atoms with Crippen LogP contribution in [0.3, 0.4) is 0 Å². The number of aryl methyl sites for hydroxylation is 1. The summed E-state index contributed by atoms with van der Waals surface area (Å²) in [7, 11) is 1.71. The summed E-state index contributed by atoms with van der Waals surface area (Å²) in [6.07, 6.45) is -0.323. The molecule has 12 heteroatoms. The third kappa shape index (κ3) is 3.77. The maximum Gasteiger partial charge on any atom is 0.419 e. The van der Waals surface area contributed by atoms with Gasteiger partial charge in [-0.3, -0.25) is 0 Å². The zero-order valence-corrected chi connectivity index (χ0v) is 17.1. The molecule has 3 aromatic heterocycles. The molecular weight excluding hydrogens is 423 g/mol. The van der Waals surface area contributed by atoms with Crippen LogP contribution in [0.1, 0.15) is 18.4 Å². The fourth-order valence-electron chi connectivity index (χ4n) is 3.96. The Morgan fingerprint density at radius 2 is 2.12 bits per heavy atom. The van der Waals surface area contributed by atoms with Crippen LogP contribution in [0.25, 0.3) is 33.5 Å². The van der Waals surface area contributed by atoms with Crippen LogP contribution in [0.2, 0.25) is 0 Å². The van der Waals surface area contributed by atoms with Crippen molar-refractivity contribution in [2.45, 2.75) is 25.1 Å². The quantitative estimate of drug-likeness (QED) is 0.445. The molecule has 0 aliphatic carbocycles. The van der Waals surface area contributed by atoms with Gasteiger partial charge in [0.25, 0.3) is 0 Å². The highest BCUT2D eigenvalue weighted by Crippen LogP contribution is 2.39. The Bertz CT molecular complexity index is 1250. The summed E-state index contributed by atoms with van der Waals surface area (Å²) < 4.78 is 42.9. The zero-order chi connectivity index (χ0) is 22.3. The van der Waals surface area contributed by atoms with Crippen molar-refractivity contribution in [3.63, 3.8) is 0 Å². The van der Waals surface area contributed by atoms with Gasteiger partial charge in [-0.1, -0.05) is 12.1 Å². The number of H-pyrrole nitrogens is 1. The van der Waals surface area contributed by atoms with Gasteiger partial charge in [-0.05, 0) is 35.9 Å². The van der Waals surface area contributed by atoms with Crippen LogP contribution < -0.4 is 10.6 Å².